The summed E-state index contributed by atoms with van der Waals surface area (Å²) in [7, 11) is 1.35. The Labute approximate surface area is 112 Å². The van der Waals surface area contributed by atoms with E-state index in [4.69, 9.17) is 0 Å². The van der Waals surface area contributed by atoms with Crippen molar-refractivity contribution in [1.29, 1.82) is 0 Å². The van der Waals surface area contributed by atoms with Crippen molar-refractivity contribution in [2.24, 2.45) is 0 Å². The summed E-state index contributed by atoms with van der Waals surface area (Å²) in [6.07, 6.45) is 2.63. The van der Waals surface area contributed by atoms with Gasteiger partial charge in [0.1, 0.15) is 0 Å². The van der Waals surface area contributed by atoms with E-state index < -0.39 is 5.78 Å². The van der Waals surface area contributed by atoms with Gasteiger partial charge >= 0.3 is 5.97 Å². The minimum absolute atomic E-state index is 0.231. The summed E-state index contributed by atoms with van der Waals surface area (Å²) in [5.74, 6) is -1.05. The van der Waals surface area contributed by atoms with Crippen molar-refractivity contribution in [2.45, 2.75) is 32.1 Å². The average Bonchev–Trinajstić information content (AvgIpc) is 2.46. The summed E-state index contributed by atoms with van der Waals surface area (Å²) in [5.41, 5.74) is 0.432. The Morgan fingerprint density at radius 1 is 0.947 bits per heavy atom. The molecule has 0 aliphatic heterocycles. The van der Waals surface area contributed by atoms with Gasteiger partial charge in [-0.15, -0.1) is 0 Å². The molecule has 4 heteroatoms. The van der Waals surface area contributed by atoms with Crippen LogP contribution in [0.15, 0.2) is 30.3 Å². The topological polar surface area (TPSA) is 60.4 Å². The van der Waals surface area contributed by atoms with Crippen LogP contribution in [0.25, 0.3) is 0 Å². The molecular formula is C15H18O4. The van der Waals surface area contributed by atoms with Crippen molar-refractivity contribution < 1.29 is 19.1 Å². The molecule has 1 rings (SSSR count). The van der Waals surface area contributed by atoms with Crippen molar-refractivity contribution in [3.05, 3.63) is 35.9 Å². The van der Waals surface area contributed by atoms with Gasteiger partial charge in [-0.05, 0) is 12.8 Å². The highest BCUT2D eigenvalue weighted by Crippen LogP contribution is 2.08. The second-order valence-corrected chi connectivity index (χ2v) is 4.26. The number of benzene rings is 1. The number of unbranched alkanes of at least 4 members (excludes halogenated alkanes) is 2. The third-order valence-electron chi connectivity index (χ3n) is 2.80. The smallest absolute Gasteiger partial charge is 0.305 e. The van der Waals surface area contributed by atoms with Crippen LogP contribution in [0.5, 0.6) is 0 Å². The Morgan fingerprint density at radius 2 is 1.58 bits per heavy atom. The molecule has 0 amide bonds. The SMILES string of the molecule is COC(=O)CCCCCC(=O)C(=O)c1ccccc1. The molecule has 0 saturated heterocycles. The van der Waals surface area contributed by atoms with Gasteiger partial charge in [0.2, 0.25) is 11.6 Å². The largest absolute Gasteiger partial charge is 0.469 e. The number of Topliss-reactive ketones (excluding diaryl/α,β-unsaturated/α-hetero) is 2. The third kappa shape index (κ3) is 5.46. The second-order valence-electron chi connectivity index (χ2n) is 4.26. The number of carbonyl (C=O) groups excluding carboxylic acids is 3. The van der Waals surface area contributed by atoms with Crippen molar-refractivity contribution in [3.63, 3.8) is 0 Å². The molecule has 0 unspecified atom stereocenters. The number of rotatable bonds is 8. The van der Waals surface area contributed by atoms with Crippen molar-refractivity contribution in [3.8, 4) is 0 Å². The van der Waals surface area contributed by atoms with E-state index in [9.17, 15) is 14.4 Å². The van der Waals surface area contributed by atoms with Crippen LogP contribution in [0, 0.1) is 0 Å². The summed E-state index contributed by atoms with van der Waals surface area (Å²) in [4.78, 5) is 34.3. The van der Waals surface area contributed by atoms with Gasteiger partial charge in [0.15, 0.2) is 0 Å². The van der Waals surface area contributed by atoms with Gasteiger partial charge in [-0.25, -0.2) is 0 Å². The van der Waals surface area contributed by atoms with E-state index in [2.05, 4.69) is 4.74 Å². The van der Waals surface area contributed by atoms with Crippen LogP contribution in [-0.4, -0.2) is 24.6 Å². The fourth-order valence-electron chi connectivity index (χ4n) is 1.70. The van der Waals surface area contributed by atoms with E-state index in [0.717, 1.165) is 6.42 Å². The van der Waals surface area contributed by atoms with Gasteiger partial charge in [-0.1, -0.05) is 36.8 Å². The molecule has 1 aromatic carbocycles. The number of ketones is 2. The number of methoxy groups -OCH3 is 1. The van der Waals surface area contributed by atoms with E-state index in [1.807, 2.05) is 0 Å². The van der Waals surface area contributed by atoms with Crippen LogP contribution in [0.4, 0.5) is 0 Å². The minimum Gasteiger partial charge on any atom is -0.469 e. The molecule has 0 bridgehead atoms. The number of carbonyl (C=O) groups is 3. The fourth-order valence-corrected chi connectivity index (χ4v) is 1.70. The van der Waals surface area contributed by atoms with Crippen molar-refractivity contribution in [1.82, 2.24) is 0 Å². The monoisotopic (exact) mass is 262 g/mol. The predicted octanol–water partition coefficient (Wildman–Crippen LogP) is 2.56. The molecule has 0 fully saturated rings. The zero-order chi connectivity index (χ0) is 14.1. The maximum absolute atomic E-state index is 11.7. The standard InChI is InChI=1S/C15H18O4/c1-19-14(17)11-7-3-6-10-13(16)15(18)12-8-4-2-5-9-12/h2,4-5,8-9H,3,6-7,10-11H2,1H3. The highest BCUT2D eigenvalue weighted by atomic mass is 16.5. The van der Waals surface area contributed by atoms with Crippen LogP contribution in [0.1, 0.15) is 42.5 Å². The van der Waals surface area contributed by atoms with Crippen molar-refractivity contribution in [2.75, 3.05) is 7.11 Å². The minimum atomic E-state index is -0.437. The Balaban J connectivity index is 2.25. The first-order valence-electron chi connectivity index (χ1n) is 6.34. The molecule has 19 heavy (non-hydrogen) atoms. The molecule has 4 nitrogen and oxygen atoms in total. The molecular weight excluding hydrogens is 244 g/mol. The van der Waals surface area contributed by atoms with Crippen molar-refractivity contribution >= 4 is 17.5 Å². The molecule has 0 atom stereocenters. The van der Waals surface area contributed by atoms with Crippen LogP contribution < -0.4 is 0 Å². The summed E-state index contributed by atoms with van der Waals surface area (Å²) in [5, 5.41) is 0. The number of ether oxygens (including phenoxy) is 1. The molecule has 0 saturated carbocycles. The van der Waals surface area contributed by atoms with E-state index in [-0.39, 0.29) is 18.2 Å². The molecule has 1 aromatic rings. The van der Waals surface area contributed by atoms with Gasteiger partial charge in [-0.3, -0.25) is 14.4 Å². The Morgan fingerprint density at radius 3 is 2.21 bits per heavy atom. The van der Waals surface area contributed by atoms with E-state index in [1.54, 1.807) is 30.3 Å². The molecule has 0 N–H and O–H groups in total. The first-order valence-corrected chi connectivity index (χ1v) is 6.34. The van der Waals surface area contributed by atoms with E-state index >= 15 is 0 Å². The average molecular weight is 262 g/mol. The molecule has 0 aliphatic carbocycles. The van der Waals surface area contributed by atoms with Crippen LogP contribution in [0.3, 0.4) is 0 Å². The lowest BCUT2D eigenvalue weighted by Gasteiger charge is -2.01. The van der Waals surface area contributed by atoms with Gasteiger partial charge in [0, 0.05) is 18.4 Å². The zero-order valence-corrected chi connectivity index (χ0v) is 11.1. The molecule has 0 aliphatic rings. The summed E-state index contributed by atoms with van der Waals surface area (Å²) < 4.78 is 4.51. The highest BCUT2D eigenvalue weighted by molar-refractivity contribution is 6.43. The van der Waals surface area contributed by atoms with Gasteiger partial charge in [0.05, 0.1) is 7.11 Å². The summed E-state index contributed by atoms with van der Waals surface area (Å²) in [6.45, 7) is 0. The lowest BCUT2D eigenvalue weighted by atomic mass is 10.0. The quantitative estimate of drug-likeness (QED) is 0.312. The van der Waals surface area contributed by atoms with Crippen LogP contribution in [-0.2, 0) is 14.3 Å². The summed E-state index contributed by atoms with van der Waals surface area (Å²) in [6, 6.07) is 8.54. The lowest BCUT2D eigenvalue weighted by molar-refractivity contribution is -0.140. The Bertz CT molecular complexity index is 437. The molecule has 0 aromatic heterocycles. The first-order chi connectivity index (χ1) is 9.15. The molecule has 0 spiro atoms. The lowest BCUT2D eigenvalue weighted by Crippen LogP contribution is -2.13. The number of hydrogen-bond acceptors (Lipinski definition) is 4. The Hall–Kier alpha value is -1.97. The first kappa shape index (κ1) is 15.1. The van der Waals surface area contributed by atoms with Crippen LogP contribution in [0.2, 0.25) is 0 Å². The maximum atomic E-state index is 11.7. The number of hydrogen-bond donors (Lipinski definition) is 0. The van der Waals surface area contributed by atoms with Gasteiger partial charge < -0.3 is 4.74 Å². The number of esters is 1. The second kappa shape index (κ2) is 8.19. The maximum Gasteiger partial charge on any atom is 0.305 e. The van der Waals surface area contributed by atoms with Crippen LogP contribution >= 0.6 is 0 Å². The normalized spacial score (nSPS) is 9.95. The van der Waals surface area contributed by atoms with E-state index in [0.29, 0.717) is 24.8 Å². The highest BCUT2D eigenvalue weighted by Gasteiger charge is 2.14. The van der Waals surface area contributed by atoms with Gasteiger partial charge in [-0.2, -0.15) is 0 Å². The zero-order valence-electron chi connectivity index (χ0n) is 11.1. The fraction of sp³-hybridized carbons (Fsp3) is 0.400. The van der Waals surface area contributed by atoms with E-state index in [1.165, 1.54) is 7.11 Å². The molecule has 0 heterocycles. The third-order valence-corrected chi connectivity index (χ3v) is 2.80. The predicted molar refractivity (Wildman–Crippen MR) is 70.9 cm³/mol. The summed E-state index contributed by atoms with van der Waals surface area (Å²) >= 11 is 0. The van der Waals surface area contributed by atoms with Gasteiger partial charge in [0.25, 0.3) is 0 Å². The Kier molecular flexibility index (Phi) is 6.50. The molecule has 102 valence electrons. The molecule has 0 radical (unpaired) electrons.